The van der Waals surface area contributed by atoms with E-state index in [0.717, 1.165) is 25.9 Å². The summed E-state index contributed by atoms with van der Waals surface area (Å²) in [6.07, 6.45) is 9.05. The summed E-state index contributed by atoms with van der Waals surface area (Å²) in [5.41, 5.74) is 0. The maximum absolute atomic E-state index is 11.6. The Morgan fingerprint density at radius 2 is 2.25 bits per heavy atom. The second-order valence-corrected chi connectivity index (χ2v) is 4.31. The topological polar surface area (TPSA) is 38.3 Å². The Morgan fingerprint density at radius 1 is 1.56 bits per heavy atom. The number of ether oxygens (including phenoxy) is 1. The summed E-state index contributed by atoms with van der Waals surface area (Å²) in [4.78, 5) is 11.6. The number of carbonyl (C=O) groups excluding carboxylic acids is 1. The van der Waals surface area contributed by atoms with Crippen LogP contribution in [0.15, 0.2) is 0 Å². The minimum Gasteiger partial charge on any atom is -0.378 e. The molecule has 1 rings (SSSR count). The summed E-state index contributed by atoms with van der Waals surface area (Å²) in [5, 5.41) is 2.85. The van der Waals surface area contributed by atoms with E-state index in [1.54, 1.807) is 0 Å². The van der Waals surface area contributed by atoms with Gasteiger partial charge in [-0.15, -0.1) is 6.42 Å². The summed E-state index contributed by atoms with van der Waals surface area (Å²) in [6.45, 7) is 4.73. The summed E-state index contributed by atoms with van der Waals surface area (Å²) >= 11 is 0. The lowest BCUT2D eigenvalue weighted by molar-refractivity contribution is -0.124. The lowest BCUT2D eigenvalue weighted by atomic mass is 9.80. The molecule has 1 amide bonds. The molecule has 16 heavy (non-hydrogen) atoms. The maximum Gasteiger partial charge on any atom is 0.221 e. The third-order valence-corrected chi connectivity index (χ3v) is 3.01. The van der Waals surface area contributed by atoms with Gasteiger partial charge in [0.05, 0.1) is 12.1 Å². The quantitative estimate of drug-likeness (QED) is 0.696. The number of hydrogen-bond donors (Lipinski definition) is 1. The molecule has 1 fully saturated rings. The highest BCUT2D eigenvalue weighted by Crippen LogP contribution is 2.32. The number of carbonyl (C=O) groups is 1. The predicted octanol–water partition coefficient (Wildman–Crippen LogP) is 1.72. The van der Waals surface area contributed by atoms with Gasteiger partial charge in [-0.25, -0.2) is 0 Å². The van der Waals surface area contributed by atoms with Gasteiger partial charge in [0, 0.05) is 13.0 Å². The van der Waals surface area contributed by atoms with Gasteiger partial charge < -0.3 is 10.1 Å². The van der Waals surface area contributed by atoms with E-state index in [1.165, 1.54) is 0 Å². The Kier molecular flexibility index (Phi) is 5.34. The molecular formula is C13H21NO2. The van der Waals surface area contributed by atoms with Gasteiger partial charge in [0.1, 0.15) is 0 Å². The molecule has 1 saturated carbocycles. The second kappa shape index (κ2) is 6.55. The van der Waals surface area contributed by atoms with Crippen molar-refractivity contribution < 1.29 is 9.53 Å². The van der Waals surface area contributed by atoms with Crippen LogP contribution in [0.3, 0.4) is 0 Å². The highest BCUT2D eigenvalue weighted by Gasteiger charge is 2.31. The molecule has 0 aromatic carbocycles. The van der Waals surface area contributed by atoms with E-state index in [-0.39, 0.29) is 11.9 Å². The number of amides is 1. The molecular weight excluding hydrogens is 202 g/mol. The number of rotatable bonds is 6. The largest absolute Gasteiger partial charge is 0.378 e. The van der Waals surface area contributed by atoms with Crippen LogP contribution in [0, 0.1) is 18.3 Å². The third-order valence-electron chi connectivity index (χ3n) is 3.01. The molecule has 0 bridgehead atoms. The van der Waals surface area contributed by atoms with E-state index < -0.39 is 0 Å². The van der Waals surface area contributed by atoms with Crippen molar-refractivity contribution in [2.24, 2.45) is 5.92 Å². The van der Waals surface area contributed by atoms with Gasteiger partial charge >= 0.3 is 0 Å². The number of nitrogens with one attached hydrogen (secondary N) is 1. The Hall–Kier alpha value is -1.01. The molecule has 1 unspecified atom stereocenters. The van der Waals surface area contributed by atoms with Crippen molar-refractivity contribution in [2.75, 3.05) is 6.61 Å². The minimum absolute atomic E-state index is 0.0738. The molecule has 0 spiro atoms. The van der Waals surface area contributed by atoms with Gasteiger partial charge in [0.15, 0.2) is 0 Å². The summed E-state index contributed by atoms with van der Waals surface area (Å²) < 4.78 is 5.45. The van der Waals surface area contributed by atoms with Crippen LogP contribution in [-0.2, 0) is 9.53 Å². The molecule has 0 aromatic heterocycles. The van der Waals surface area contributed by atoms with E-state index in [0.29, 0.717) is 18.4 Å². The predicted molar refractivity (Wildman–Crippen MR) is 63.8 cm³/mol. The van der Waals surface area contributed by atoms with E-state index in [2.05, 4.69) is 11.2 Å². The van der Waals surface area contributed by atoms with Crippen molar-refractivity contribution in [3.63, 3.8) is 0 Å². The standard InChI is InChI=1S/C13H21NO2/c1-4-11(5-2)14-13(15)9-10-7-12(8-10)16-6-3/h1,10-12H,5-9H2,2-3H3,(H,14,15). The van der Waals surface area contributed by atoms with E-state index >= 15 is 0 Å². The zero-order chi connectivity index (χ0) is 12.0. The van der Waals surface area contributed by atoms with E-state index in [9.17, 15) is 4.79 Å². The van der Waals surface area contributed by atoms with Gasteiger partial charge in [-0.05, 0) is 32.1 Å². The smallest absolute Gasteiger partial charge is 0.221 e. The van der Waals surface area contributed by atoms with E-state index in [4.69, 9.17) is 11.2 Å². The van der Waals surface area contributed by atoms with Crippen LogP contribution in [0.5, 0.6) is 0 Å². The fourth-order valence-corrected chi connectivity index (χ4v) is 1.99. The monoisotopic (exact) mass is 223 g/mol. The lowest BCUT2D eigenvalue weighted by Crippen LogP contribution is -2.38. The first-order chi connectivity index (χ1) is 7.69. The van der Waals surface area contributed by atoms with Crippen molar-refractivity contribution in [1.29, 1.82) is 0 Å². The SMILES string of the molecule is C#CC(CC)NC(=O)CC1CC(OCC)C1. The maximum atomic E-state index is 11.6. The van der Waals surface area contributed by atoms with Crippen molar-refractivity contribution in [3.05, 3.63) is 0 Å². The molecule has 0 aliphatic heterocycles. The summed E-state index contributed by atoms with van der Waals surface area (Å²) in [5.74, 6) is 3.12. The highest BCUT2D eigenvalue weighted by atomic mass is 16.5. The highest BCUT2D eigenvalue weighted by molar-refractivity contribution is 5.77. The van der Waals surface area contributed by atoms with Crippen LogP contribution in [0.4, 0.5) is 0 Å². The molecule has 0 aromatic rings. The van der Waals surface area contributed by atoms with Gasteiger partial charge in [-0.2, -0.15) is 0 Å². The zero-order valence-corrected chi connectivity index (χ0v) is 10.2. The van der Waals surface area contributed by atoms with Crippen molar-refractivity contribution in [1.82, 2.24) is 5.32 Å². The second-order valence-electron chi connectivity index (χ2n) is 4.31. The average Bonchev–Trinajstić information content (AvgIpc) is 2.23. The lowest BCUT2D eigenvalue weighted by Gasteiger charge is -2.34. The van der Waals surface area contributed by atoms with Gasteiger partial charge in [0.25, 0.3) is 0 Å². The first kappa shape index (κ1) is 13.1. The van der Waals surface area contributed by atoms with E-state index in [1.807, 2.05) is 13.8 Å². The Morgan fingerprint density at radius 3 is 2.75 bits per heavy atom. The fraction of sp³-hybridized carbons (Fsp3) is 0.769. The molecule has 0 saturated heterocycles. The average molecular weight is 223 g/mol. The molecule has 1 aliphatic carbocycles. The Balaban J connectivity index is 2.15. The number of terminal acetylenes is 1. The van der Waals surface area contributed by atoms with Gasteiger partial charge in [-0.1, -0.05) is 12.8 Å². The first-order valence-electron chi connectivity index (χ1n) is 6.06. The summed E-state index contributed by atoms with van der Waals surface area (Å²) in [6, 6.07) is -0.115. The van der Waals surface area contributed by atoms with Crippen LogP contribution in [0.1, 0.15) is 39.5 Å². The van der Waals surface area contributed by atoms with Gasteiger partial charge in [0.2, 0.25) is 5.91 Å². The third kappa shape index (κ3) is 3.86. The van der Waals surface area contributed by atoms with Crippen LogP contribution in [-0.4, -0.2) is 24.7 Å². The molecule has 0 heterocycles. The molecule has 0 radical (unpaired) electrons. The van der Waals surface area contributed by atoms with Gasteiger partial charge in [-0.3, -0.25) is 4.79 Å². The summed E-state index contributed by atoms with van der Waals surface area (Å²) in [7, 11) is 0. The normalized spacial score (nSPS) is 25.3. The van der Waals surface area contributed by atoms with Crippen molar-refractivity contribution in [2.45, 2.75) is 51.7 Å². The Bertz CT molecular complexity index is 264. The van der Waals surface area contributed by atoms with Crippen LogP contribution in [0.25, 0.3) is 0 Å². The Labute approximate surface area is 97.9 Å². The molecule has 1 aliphatic rings. The van der Waals surface area contributed by atoms with Crippen molar-refractivity contribution in [3.8, 4) is 12.3 Å². The number of hydrogen-bond acceptors (Lipinski definition) is 2. The van der Waals surface area contributed by atoms with Crippen LogP contribution < -0.4 is 5.32 Å². The van der Waals surface area contributed by atoms with Crippen molar-refractivity contribution >= 4 is 5.91 Å². The molecule has 1 N–H and O–H groups in total. The fourth-order valence-electron chi connectivity index (χ4n) is 1.99. The minimum atomic E-state index is -0.115. The molecule has 3 nitrogen and oxygen atoms in total. The zero-order valence-electron chi connectivity index (χ0n) is 10.2. The molecule has 1 atom stereocenters. The molecule has 90 valence electrons. The van der Waals surface area contributed by atoms with Crippen LogP contribution >= 0.6 is 0 Å². The van der Waals surface area contributed by atoms with Crippen LogP contribution in [0.2, 0.25) is 0 Å². The molecule has 3 heteroatoms. The first-order valence-corrected chi connectivity index (χ1v) is 6.06.